The Bertz CT molecular complexity index is 203. The van der Waals surface area contributed by atoms with E-state index in [1.54, 1.807) is 0 Å². The maximum Gasteiger partial charge on any atom is 0.120 e. The maximum absolute atomic E-state index is 6.33. The van der Waals surface area contributed by atoms with Crippen LogP contribution in [-0.2, 0) is 4.74 Å². The predicted octanol–water partition coefficient (Wildman–Crippen LogP) is 3.63. The summed E-state index contributed by atoms with van der Waals surface area (Å²) in [6, 6.07) is 0. The van der Waals surface area contributed by atoms with Crippen molar-refractivity contribution in [1.29, 1.82) is 0 Å². The Hall–Kier alpha value is -0.120. The molecule has 1 saturated heterocycles. The molecule has 3 nitrogen and oxygen atoms in total. The van der Waals surface area contributed by atoms with Gasteiger partial charge in [-0.3, -0.25) is 0 Å². The van der Waals surface area contributed by atoms with Crippen molar-refractivity contribution < 1.29 is 9.33 Å². The molecule has 1 aliphatic heterocycles. The molecule has 0 aromatic carbocycles. The lowest BCUT2D eigenvalue weighted by Gasteiger charge is -2.35. The van der Waals surface area contributed by atoms with Crippen LogP contribution in [0.25, 0.3) is 0 Å². The zero-order chi connectivity index (χ0) is 13.8. The summed E-state index contributed by atoms with van der Waals surface area (Å²) in [5.41, 5.74) is 0. The van der Waals surface area contributed by atoms with E-state index in [0.29, 0.717) is 0 Å². The number of unbranched alkanes of at least 4 members (excludes halogenated alkanes) is 9. The lowest BCUT2D eigenvalue weighted by Crippen LogP contribution is -2.60. The van der Waals surface area contributed by atoms with Crippen molar-refractivity contribution in [2.45, 2.75) is 71.1 Å². The molecular weight excluding hydrogens is 236 g/mol. The quantitative estimate of drug-likeness (QED) is 0.354. The Morgan fingerprint density at radius 3 is 1.79 bits per heavy atom. The van der Waals surface area contributed by atoms with Gasteiger partial charge in [0.15, 0.2) is 0 Å². The summed E-state index contributed by atoms with van der Waals surface area (Å²) < 4.78 is 6.12. The molecule has 0 saturated carbocycles. The summed E-state index contributed by atoms with van der Waals surface area (Å²) in [5, 5.41) is 0. The first-order chi connectivity index (χ1) is 9.27. The third-order valence-electron chi connectivity index (χ3n) is 4.32. The average molecular weight is 271 g/mol. The number of rotatable bonds is 11. The van der Waals surface area contributed by atoms with Gasteiger partial charge in [-0.05, 0) is 12.8 Å². The van der Waals surface area contributed by atoms with Gasteiger partial charge < -0.3 is 4.74 Å². The minimum atomic E-state index is 0.747. The summed E-state index contributed by atoms with van der Waals surface area (Å²) in [5.74, 6) is 6.33. The van der Waals surface area contributed by atoms with Gasteiger partial charge >= 0.3 is 0 Å². The number of ether oxygens (including phenoxy) is 1. The smallest absolute Gasteiger partial charge is 0.120 e. The molecule has 0 radical (unpaired) electrons. The van der Waals surface area contributed by atoms with Crippen LogP contribution in [0.2, 0.25) is 0 Å². The van der Waals surface area contributed by atoms with E-state index in [9.17, 15) is 0 Å². The molecule has 1 aliphatic rings. The molecule has 0 aromatic rings. The SMILES string of the molecule is CCCCCCCCCCCC[N+]1(N)CCOCC1. The second-order valence-corrected chi connectivity index (χ2v) is 6.18. The molecule has 3 heteroatoms. The van der Waals surface area contributed by atoms with Gasteiger partial charge in [0.05, 0.1) is 19.8 Å². The number of hydrogen-bond donors (Lipinski definition) is 1. The Morgan fingerprint density at radius 1 is 0.789 bits per heavy atom. The Kier molecular flexibility index (Phi) is 9.48. The first-order valence-electron chi connectivity index (χ1n) is 8.49. The Morgan fingerprint density at radius 2 is 1.26 bits per heavy atom. The third kappa shape index (κ3) is 8.61. The summed E-state index contributed by atoms with van der Waals surface area (Å²) in [4.78, 5) is 0. The van der Waals surface area contributed by atoms with E-state index in [4.69, 9.17) is 10.6 Å². The van der Waals surface area contributed by atoms with Gasteiger partial charge in [-0.25, -0.2) is 4.59 Å². The molecule has 0 aromatic heterocycles. The first kappa shape index (κ1) is 16.9. The highest BCUT2D eigenvalue weighted by atomic mass is 16.5. The van der Waals surface area contributed by atoms with Crippen molar-refractivity contribution in [1.82, 2.24) is 0 Å². The number of hydrogen-bond acceptors (Lipinski definition) is 2. The standard InChI is InChI=1S/C16H35N2O/c1-2-3-4-5-6-7-8-9-10-11-12-18(17)13-15-19-16-14-18/h2-17H2,1H3/q+1. The van der Waals surface area contributed by atoms with Gasteiger partial charge in [0.25, 0.3) is 0 Å². The van der Waals surface area contributed by atoms with Crippen molar-refractivity contribution in [2.24, 2.45) is 5.84 Å². The van der Waals surface area contributed by atoms with Crippen LogP contribution < -0.4 is 5.84 Å². The fourth-order valence-electron chi connectivity index (χ4n) is 2.84. The number of morpholine rings is 1. The van der Waals surface area contributed by atoms with Crippen LogP contribution in [-0.4, -0.2) is 37.4 Å². The third-order valence-corrected chi connectivity index (χ3v) is 4.32. The minimum absolute atomic E-state index is 0.747. The molecule has 0 amide bonds. The summed E-state index contributed by atoms with van der Waals surface area (Å²) in [6.45, 7) is 7.10. The van der Waals surface area contributed by atoms with Gasteiger partial charge in [0.2, 0.25) is 0 Å². The fourth-order valence-corrected chi connectivity index (χ4v) is 2.84. The largest absolute Gasteiger partial charge is 0.370 e. The molecule has 0 unspecified atom stereocenters. The predicted molar refractivity (Wildman–Crippen MR) is 81.7 cm³/mol. The highest BCUT2D eigenvalue weighted by Gasteiger charge is 2.25. The topological polar surface area (TPSA) is 35.2 Å². The molecular formula is C16H35N2O+. The molecule has 0 atom stereocenters. The molecule has 1 heterocycles. The average Bonchev–Trinajstić information content (AvgIpc) is 2.42. The molecule has 114 valence electrons. The van der Waals surface area contributed by atoms with Crippen molar-refractivity contribution >= 4 is 0 Å². The van der Waals surface area contributed by atoms with Gasteiger partial charge in [0, 0.05) is 0 Å². The summed E-state index contributed by atoms with van der Waals surface area (Å²) >= 11 is 0. The monoisotopic (exact) mass is 271 g/mol. The van der Waals surface area contributed by atoms with Crippen LogP contribution in [0.15, 0.2) is 0 Å². The van der Waals surface area contributed by atoms with Gasteiger partial charge in [-0.15, -0.1) is 0 Å². The van der Waals surface area contributed by atoms with Crippen molar-refractivity contribution in [3.05, 3.63) is 0 Å². The number of quaternary nitrogens is 1. The van der Waals surface area contributed by atoms with Gasteiger partial charge in [-0.1, -0.05) is 58.3 Å². The van der Waals surface area contributed by atoms with E-state index in [1.807, 2.05) is 0 Å². The molecule has 0 aliphatic carbocycles. The second kappa shape index (κ2) is 10.6. The summed E-state index contributed by atoms with van der Waals surface area (Å²) in [7, 11) is 0. The molecule has 0 spiro atoms. The van der Waals surface area contributed by atoms with Crippen LogP contribution in [0.1, 0.15) is 71.1 Å². The maximum atomic E-state index is 6.33. The van der Waals surface area contributed by atoms with E-state index in [2.05, 4.69) is 6.92 Å². The normalized spacial score (nSPS) is 18.6. The van der Waals surface area contributed by atoms with E-state index >= 15 is 0 Å². The van der Waals surface area contributed by atoms with Gasteiger partial charge in [-0.2, -0.15) is 5.84 Å². The minimum Gasteiger partial charge on any atom is -0.370 e. The number of nitrogens with two attached hydrogens (primary N) is 1. The van der Waals surface area contributed by atoms with Gasteiger partial charge in [0.1, 0.15) is 13.1 Å². The summed E-state index contributed by atoms with van der Waals surface area (Å²) in [6.07, 6.45) is 14.0. The highest BCUT2D eigenvalue weighted by molar-refractivity contribution is 4.49. The van der Waals surface area contributed by atoms with E-state index in [-0.39, 0.29) is 0 Å². The van der Waals surface area contributed by atoms with Crippen LogP contribution >= 0.6 is 0 Å². The van der Waals surface area contributed by atoms with E-state index in [1.165, 1.54) is 64.2 Å². The Labute approximate surface area is 120 Å². The first-order valence-corrected chi connectivity index (χ1v) is 8.49. The lowest BCUT2D eigenvalue weighted by molar-refractivity contribution is -0.946. The highest BCUT2D eigenvalue weighted by Crippen LogP contribution is 2.12. The van der Waals surface area contributed by atoms with Crippen LogP contribution in [0.3, 0.4) is 0 Å². The molecule has 19 heavy (non-hydrogen) atoms. The van der Waals surface area contributed by atoms with E-state index < -0.39 is 0 Å². The number of nitrogens with zero attached hydrogens (tertiary/aromatic N) is 1. The second-order valence-electron chi connectivity index (χ2n) is 6.18. The van der Waals surface area contributed by atoms with Crippen molar-refractivity contribution in [2.75, 3.05) is 32.8 Å². The van der Waals surface area contributed by atoms with Crippen LogP contribution in [0.5, 0.6) is 0 Å². The fraction of sp³-hybridized carbons (Fsp3) is 1.00. The lowest BCUT2D eigenvalue weighted by atomic mass is 10.1. The Balaban J connectivity index is 1.83. The zero-order valence-corrected chi connectivity index (χ0v) is 13.0. The molecule has 1 rings (SSSR count). The van der Waals surface area contributed by atoms with Crippen LogP contribution in [0.4, 0.5) is 0 Å². The van der Waals surface area contributed by atoms with Crippen molar-refractivity contribution in [3.8, 4) is 0 Å². The zero-order valence-electron chi connectivity index (χ0n) is 13.0. The molecule has 1 fully saturated rings. The van der Waals surface area contributed by atoms with Crippen molar-refractivity contribution in [3.63, 3.8) is 0 Å². The molecule has 2 N–H and O–H groups in total. The molecule has 0 bridgehead atoms. The van der Waals surface area contributed by atoms with E-state index in [0.717, 1.165) is 37.4 Å². The van der Waals surface area contributed by atoms with Crippen LogP contribution in [0, 0.1) is 0 Å².